The van der Waals surface area contributed by atoms with Crippen molar-refractivity contribution in [3.63, 3.8) is 0 Å². The summed E-state index contributed by atoms with van der Waals surface area (Å²) in [6.07, 6.45) is 6.03. The van der Waals surface area contributed by atoms with Crippen LogP contribution in [-0.4, -0.2) is 50.7 Å². The van der Waals surface area contributed by atoms with Gasteiger partial charge in [0.15, 0.2) is 0 Å². The summed E-state index contributed by atoms with van der Waals surface area (Å²) in [6.45, 7) is 4.11. The molecule has 3 aliphatic rings. The van der Waals surface area contributed by atoms with E-state index >= 15 is 0 Å². The van der Waals surface area contributed by atoms with Crippen LogP contribution in [0.4, 0.5) is 16.4 Å². The molecule has 3 aromatic heterocycles. The number of piperidine rings is 1. The third kappa shape index (κ3) is 3.99. The van der Waals surface area contributed by atoms with Gasteiger partial charge in [-0.25, -0.2) is 24.7 Å². The van der Waals surface area contributed by atoms with Crippen LogP contribution < -0.4 is 15.0 Å². The standard InChI is InChI=1S/C27H27N7O4/c1-16-12-17(13-19-23(16)32-25(31-19)20-5-3-11-36-20)37-22-14-21(29-15-30-22)34-9-6-27(7-10-34)18-4-2-8-28-24(18)33-26(35)38-27/h2,4,8,12-15,20H,3,5-7,9-11H2,1H3,(H,31,32)(H,28,33,35)/t20-/m0/s1. The lowest BCUT2D eigenvalue weighted by molar-refractivity contribution is -0.00853. The monoisotopic (exact) mass is 513 g/mol. The van der Waals surface area contributed by atoms with Crippen LogP contribution in [0.25, 0.3) is 11.0 Å². The minimum absolute atomic E-state index is 0.0254. The third-order valence-corrected chi connectivity index (χ3v) is 7.56. The number of rotatable bonds is 4. The maximum Gasteiger partial charge on any atom is 0.413 e. The van der Waals surface area contributed by atoms with E-state index in [-0.39, 0.29) is 6.10 Å². The molecule has 0 saturated carbocycles. The van der Waals surface area contributed by atoms with Crippen molar-refractivity contribution in [2.24, 2.45) is 0 Å². The number of aromatic amines is 1. The number of H-pyrrole nitrogens is 1. The number of fused-ring (bicyclic) bond motifs is 3. The number of carbonyl (C=O) groups is 1. The Balaban J connectivity index is 1.09. The summed E-state index contributed by atoms with van der Waals surface area (Å²) in [6, 6.07) is 9.58. The van der Waals surface area contributed by atoms with Crippen molar-refractivity contribution in [2.45, 2.75) is 44.3 Å². The molecule has 7 rings (SSSR count). The number of hydrogen-bond acceptors (Lipinski definition) is 9. The Labute approximate surface area is 218 Å². The molecule has 11 nitrogen and oxygen atoms in total. The second kappa shape index (κ2) is 8.95. The number of anilines is 2. The molecule has 1 atom stereocenters. The molecule has 6 heterocycles. The second-order valence-corrected chi connectivity index (χ2v) is 9.97. The Hall–Kier alpha value is -4.25. The summed E-state index contributed by atoms with van der Waals surface area (Å²) >= 11 is 0. The molecular weight excluding hydrogens is 486 g/mol. The summed E-state index contributed by atoms with van der Waals surface area (Å²) in [4.78, 5) is 35.7. The molecule has 0 unspecified atom stereocenters. The average molecular weight is 514 g/mol. The predicted octanol–water partition coefficient (Wildman–Crippen LogP) is 4.76. The zero-order valence-corrected chi connectivity index (χ0v) is 20.9. The van der Waals surface area contributed by atoms with Gasteiger partial charge in [-0.2, -0.15) is 0 Å². The number of aryl methyl sites for hydroxylation is 1. The van der Waals surface area contributed by atoms with Crippen molar-refractivity contribution < 1.29 is 19.0 Å². The number of carbonyl (C=O) groups excluding carboxylic acids is 1. The Morgan fingerprint density at radius 2 is 2.05 bits per heavy atom. The molecule has 1 amide bonds. The highest BCUT2D eigenvalue weighted by Crippen LogP contribution is 2.43. The molecule has 194 valence electrons. The van der Waals surface area contributed by atoms with Crippen LogP contribution in [0.5, 0.6) is 11.6 Å². The molecular formula is C27H27N7O4. The highest BCUT2D eigenvalue weighted by Gasteiger charge is 2.45. The summed E-state index contributed by atoms with van der Waals surface area (Å²) in [5, 5.41) is 2.70. The van der Waals surface area contributed by atoms with Crippen LogP contribution in [0, 0.1) is 6.92 Å². The van der Waals surface area contributed by atoms with Gasteiger partial charge in [0, 0.05) is 56.4 Å². The number of benzene rings is 1. The SMILES string of the molecule is Cc1cc(Oc2cc(N3CCC4(CC3)OC(=O)Nc3ncccc34)ncn2)cc2[nH]c([C@@H]3CCCO3)nc12. The van der Waals surface area contributed by atoms with E-state index in [1.807, 2.05) is 37.3 Å². The van der Waals surface area contributed by atoms with E-state index in [9.17, 15) is 4.79 Å². The Morgan fingerprint density at radius 3 is 2.89 bits per heavy atom. The van der Waals surface area contributed by atoms with Crippen molar-refractivity contribution in [3.05, 3.63) is 59.8 Å². The van der Waals surface area contributed by atoms with Crippen molar-refractivity contribution in [1.82, 2.24) is 24.9 Å². The first-order valence-corrected chi connectivity index (χ1v) is 12.9. The van der Waals surface area contributed by atoms with Gasteiger partial charge < -0.3 is 24.1 Å². The van der Waals surface area contributed by atoms with Gasteiger partial charge in [-0.15, -0.1) is 0 Å². The molecule has 0 bridgehead atoms. The van der Waals surface area contributed by atoms with E-state index < -0.39 is 11.7 Å². The van der Waals surface area contributed by atoms with Gasteiger partial charge in [-0.3, -0.25) is 5.32 Å². The van der Waals surface area contributed by atoms with Crippen LogP contribution in [0.2, 0.25) is 0 Å². The van der Waals surface area contributed by atoms with Gasteiger partial charge in [0.05, 0.1) is 11.0 Å². The highest BCUT2D eigenvalue weighted by atomic mass is 16.6. The van der Waals surface area contributed by atoms with Crippen LogP contribution in [0.15, 0.2) is 42.9 Å². The number of imidazole rings is 1. The molecule has 2 N–H and O–H groups in total. The van der Waals surface area contributed by atoms with Gasteiger partial charge in [0.1, 0.15) is 41.2 Å². The third-order valence-electron chi connectivity index (χ3n) is 7.56. The highest BCUT2D eigenvalue weighted by molar-refractivity contribution is 5.87. The maximum absolute atomic E-state index is 12.2. The summed E-state index contributed by atoms with van der Waals surface area (Å²) in [7, 11) is 0. The number of ether oxygens (including phenoxy) is 3. The van der Waals surface area contributed by atoms with E-state index in [1.165, 1.54) is 6.33 Å². The Bertz CT molecular complexity index is 1520. The van der Waals surface area contributed by atoms with E-state index in [0.717, 1.165) is 53.3 Å². The number of hydrogen-bond donors (Lipinski definition) is 2. The van der Waals surface area contributed by atoms with Gasteiger partial charge in [0.25, 0.3) is 0 Å². The molecule has 2 fully saturated rings. The van der Waals surface area contributed by atoms with Gasteiger partial charge in [0.2, 0.25) is 5.88 Å². The van der Waals surface area contributed by atoms with Crippen LogP contribution >= 0.6 is 0 Å². The predicted molar refractivity (Wildman–Crippen MR) is 138 cm³/mol. The van der Waals surface area contributed by atoms with Crippen LogP contribution in [0.1, 0.15) is 48.7 Å². The molecule has 0 radical (unpaired) electrons. The van der Waals surface area contributed by atoms with Crippen molar-refractivity contribution >= 4 is 28.8 Å². The molecule has 3 aliphatic heterocycles. The zero-order chi connectivity index (χ0) is 25.7. The smallest absolute Gasteiger partial charge is 0.413 e. The second-order valence-electron chi connectivity index (χ2n) is 9.97. The molecule has 1 spiro atoms. The summed E-state index contributed by atoms with van der Waals surface area (Å²) < 4.78 is 17.8. The first kappa shape index (κ1) is 22.9. The van der Waals surface area contributed by atoms with E-state index in [2.05, 4.69) is 30.2 Å². The van der Waals surface area contributed by atoms with Gasteiger partial charge in [-0.1, -0.05) is 0 Å². The Morgan fingerprint density at radius 1 is 1.16 bits per heavy atom. The fourth-order valence-electron chi connectivity index (χ4n) is 5.66. The van der Waals surface area contributed by atoms with Crippen molar-refractivity contribution in [2.75, 3.05) is 29.9 Å². The molecule has 4 aromatic rings. The molecule has 2 saturated heterocycles. The largest absolute Gasteiger partial charge is 0.439 e. The van der Waals surface area contributed by atoms with Gasteiger partial charge in [-0.05, 0) is 43.5 Å². The van der Waals surface area contributed by atoms with E-state index in [4.69, 9.17) is 19.2 Å². The quantitative estimate of drug-likeness (QED) is 0.397. The van der Waals surface area contributed by atoms with Crippen molar-refractivity contribution in [3.8, 4) is 11.6 Å². The fourth-order valence-corrected chi connectivity index (χ4v) is 5.66. The van der Waals surface area contributed by atoms with Crippen molar-refractivity contribution in [1.29, 1.82) is 0 Å². The molecule has 11 heteroatoms. The first-order valence-electron chi connectivity index (χ1n) is 12.9. The lowest BCUT2D eigenvalue weighted by Crippen LogP contribution is -2.48. The maximum atomic E-state index is 12.2. The van der Waals surface area contributed by atoms with Crippen LogP contribution in [0.3, 0.4) is 0 Å². The normalized spacial score (nSPS) is 20.3. The summed E-state index contributed by atoms with van der Waals surface area (Å²) in [5.41, 5.74) is 3.07. The first-order chi connectivity index (χ1) is 18.6. The summed E-state index contributed by atoms with van der Waals surface area (Å²) in [5.74, 6) is 3.32. The molecule has 1 aromatic carbocycles. The fraction of sp³-hybridized carbons (Fsp3) is 0.370. The van der Waals surface area contributed by atoms with Crippen LogP contribution in [-0.2, 0) is 15.1 Å². The number of aromatic nitrogens is 5. The van der Waals surface area contributed by atoms with E-state index in [1.54, 1.807) is 6.20 Å². The number of pyridine rings is 1. The number of nitrogens with one attached hydrogen (secondary N) is 2. The Kier molecular flexibility index (Phi) is 5.39. The lowest BCUT2D eigenvalue weighted by atomic mass is 9.83. The molecule has 0 aliphatic carbocycles. The minimum Gasteiger partial charge on any atom is -0.439 e. The van der Waals surface area contributed by atoms with Gasteiger partial charge >= 0.3 is 6.09 Å². The van der Waals surface area contributed by atoms with E-state index in [0.29, 0.717) is 43.4 Å². The minimum atomic E-state index is -0.686. The zero-order valence-electron chi connectivity index (χ0n) is 20.9. The topological polar surface area (TPSA) is 127 Å². The lowest BCUT2D eigenvalue weighted by Gasteiger charge is -2.44. The molecule has 38 heavy (non-hydrogen) atoms. The number of nitrogens with zero attached hydrogens (tertiary/aromatic N) is 5. The number of amides is 1. The average Bonchev–Trinajstić information content (AvgIpc) is 3.60.